The minimum atomic E-state index is 0.411. The number of anilines is 1. The van der Waals surface area contributed by atoms with Gasteiger partial charge in [-0.25, -0.2) is 0 Å². The Morgan fingerprint density at radius 1 is 1.00 bits per heavy atom. The zero-order valence-corrected chi connectivity index (χ0v) is 10.9. The van der Waals surface area contributed by atoms with Crippen LogP contribution in [0.15, 0.2) is 24.5 Å². The SMILES string of the molecule is CC(C)Nc1cc(C(C)C)cc2cnncc12. The molecule has 1 aromatic carbocycles. The van der Waals surface area contributed by atoms with Gasteiger partial charge in [0.2, 0.25) is 0 Å². The highest BCUT2D eigenvalue weighted by Crippen LogP contribution is 2.28. The summed E-state index contributed by atoms with van der Waals surface area (Å²) in [6.07, 6.45) is 3.65. The molecule has 0 aliphatic heterocycles. The van der Waals surface area contributed by atoms with Gasteiger partial charge in [0.15, 0.2) is 0 Å². The minimum Gasteiger partial charge on any atom is -0.382 e. The van der Waals surface area contributed by atoms with E-state index < -0.39 is 0 Å². The summed E-state index contributed by atoms with van der Waals surface area (Å²) in [7, 11) is 0. The van der Waals surface area contributed by atoms with Crippen molar-refractivity contribution in [3.8, 4) is 0 Å². The van der Waals surface area contributed by atoms with Crippen LogP contribution >= 0.6 is 0 Å². The Kier molecular flexibility index (Phi) is 3.27. The van der Waals surface area contributed by atoms with E-state index in [-0.39, 0.29) is 0 Å². The van der Waals surface area contributed by atoms with Crippen LogP contribution in [0.3, 0.4) is 0 Å². The predicted molar refractivity (Wildman–Crippen MR) is 72.4 cm³/mol. The minimum absolute atomic E-state index is 0.411. The Balaban J connectivity index is 2.60. The summed E-state index contributed by atoms with van der Waals surface area (Å²) in [5.74, 6) is 0.514. The molecule has 0 spiro atoms. The quantitative estimate of drug-likeness (QED) is 0.874. The van der Waals surface area contributed by atoms with Gasteiger partial charge in [-0.05, 0) is 37.5 Å². The highest BCUT2D eigenvalue weighted by atomic mass is 15.1. The fourth-order valence-electron chi connectivity index (χ4n) is 1.90. The van der Waals surface area contributed by atoms with Gasteiger partial charge in [-0.1, -0.05) is 13.8 Å². The van der Waals surface area contributed by atoms with Gasteiger partial charge in [-0.15, -0.1) is 0 Å². The van der Waals surface area contributed by atoms with E-state index in [1.807, 2.05) is 12.4 Å². The average Bonchev–Trinajstić information content (AvgIpc) is 2.28. The van der Waals surface area contributed by atoms with Crippen molar-refractivity contribution in [2.24, 2.45) is 0 Å². The maximum Gasteiger partial charge on any atom is 0.0595 e. The van der Waals surface area contributed by atoms with Gasteiger partial charge in [0.05, 0.1) is 12.4 Å². The maximum atomic E-state index is 3.97. The number of benzene rings is 1. The lowest BCUT2D eigenvalue weighted by Crippen LogP contribution is -2.10. The lowest BCUT2D eigenvalue weighted by Gasteiger charge is -2.15. The monoisotopic (exact) mass is 229 g/mol. The summed E-state index contributed by atoms with van der Waals surface area (Å²) < 4.78 is 0. The molecule has 90 valence electrons. The third kappa shape index (κ3) is 2.54. The van der Waals surface area contributed by atoms with E-state index in [9.17, 15) is 0 Å². The number of hydrogen-bond acceptors (Lipinski definition) is 3. The van der Waals surface area contributed by atoms with Crippen molar-refractivity contribution in [1.82, 2.24) is 10.2 Å². The van der Waals surface area contributed by atoms with Gasteiger partial charge in [-0.2, -0.15) is 10.2 Å². The smallest absolute Gasteiger partial charge is 0.0595 e. The molecule has 2 aromatic rings. The van der Waals surface area contributed by atoms with Gasteiger partial charge in [-0.3, -0.25) is 0 Å². The summed E-state index contributed by atoms with van der Waals surface area (Å²) in [4.78, 5) is 0. The van der Waals surface area contributed by atoms with Crippen LogP contribution in [0, 0.1) is 0 Å². The summed E-state index contributed by atoms with van der Waals surface area (Å²) in [6.45, 7) is 8.69. The van der Waals surface area contributed by atoms with Crippen molar-refractivity contribution in [2.45, 2.75) is 39.7 Å². The summed E-state index contributed by atoms with van der Waals surface area (Å²) in [5, 5.41) is 13.7. The van der Waals surface area contributed by atoms with Crippen LogP contribution in [-0.2, 0) is 0 Å². The van der Waals surface area contributed by atoms with Gasteiger partial charge < -0.3 is 5.32 Å². The molecule has 2 rings (SSSR count). The predicted octanol–water partition coefficient (Wildman–Crippen LogP) is 3.57. The average molecular weight is 229 g/mol. The molecule has 3 heteroatoms. The molecule has 0 saturated carbocycles. The molecule has 17 heavy (non-hydrogen) atoms. The molecule has 1 N–H and O–H groups in total. The summed E-state index contributed by atoms with van der Waals surface area (Å²) >= 11 is 0. The Morgan fingerprint density at radius 2 is 1.71 bits per heavy atom. The second-order valence-corrected chi connectivity index (χ2v) is 5.01. The van der Waals surface area contributed by atoms with E-state index in [1.54, 1.807) is 0 Å². The number of fused-ring (bicyclic) bond motifs is 1. The fourth-order valence-corrected chi connectivity index (χ4v) is 1.90. The lowest BCUT2D eigenvalue weighted by molar-refractivity contribution is 0.863. The van der Waals surface area contributed by atoms with E-state index in [2.05, 4.69) is 55.3 Å². The van der Waals surface area contributed by atoms with Crippen molar-refractivity contribution in [3.05, 3.63) is 30.1 Å². The molecular weight excluding hydrogens is 210 g/mol. The van der Waals surface area contributed by atoms with Gasteiger partial charge in [0.1, 0.15) is 0 Å². The van der Waals surface area contributed by atoms with E-state index >= 15 is 0 Å². The molecule has 0 bridgehead atoms. The van der Waals surface area contributed by atoms with Crippen molar-refractivity contribution in [3.63, 3.8) is 0 Å². The fraction of sp³-hybridized carbons (Fsp3) is 0.429. The zero-order chi connectivity index (χ0) is 12.4. The van der Waals surface area contributed by atoms with E-state index in [1.165, 1.54) is 5.56 Å². The molecule has 0 saturated heterocycles. The van der Waals surface area contributed by atoms with Crippen LogP contribution in [0.5, 0.6) is 0 Å². The standard InChI is InChI=1S/C14H19N3/c1-9(2)11-5-12-7-15-16-8-13(12)14(6-11)17-10(3)4/h5-10,17H,1-4H3. The Morgan fingerprint density at radius 3 is 2.35 bits per heavy atom. The largest absolute Gasteiger partial charge is 0.382 e. The number of hydrogen-bond donors (Lipinski definition) is 1. The molecule has 0 aliphatic carbocycles. The maximum absolute atomic E-state index is 3.97. The summed E-state index contributed by atoms with van der Waals surface area (Å²) in [5.41, 5.74) is 2.48. The molecule has 0 fully saturated rings. The topological polar surface area (TPSA) is 37.8 Å². The second-order valence-electron chi connectivity index (χ2n) is 5.01. The van der Waals surface area contributed by atoms with E-state index in [4.69, 9.17) is 0 Å². The number of nitrogens with zero attached hydrogens (tertiary/aromatic N) is 2. The van der Waals surface area contributed by atoms with Crippen LogP contribution in [0.1, 0.15) is 39.2 Å². The van der Waals surface area contributed by atoms with Crippen molar-refractivity contribution in [1.29, 1.82) is 0 Å². The van der Waals surface area contributed by atoms with Crippen molar-refractivity contribution < 1.29 is 0 Å². The highest BCUT2D eigenvalue weighted by Gasteiger charge is 2.08. The third-order valence-corrected chi connectivity index (χ3v) is 2.80. The zero-order valence-electron chi connectivity index (χ0n) is 10.9. The normalized spacial score (nSPS) is 11.4. The molecule has 0 aliphatic rings. The van der Waals surface area contributed by atoms with E-state index in [0.29, 0.717) is 12.0 Å². The molecule has 0 atom stereocenters. The Hall–Kier alpha value is -1.64. The Bertz CT molecular complexity index is 518. The molecule has 1 heterocycles. The van der Waals surface area contributed by atoms with Crippen LogP contribution in [-0.4, -0.2) is 16.2 Å². The van der Waals surface area contributed by atoms with Crippen LogP contribution < -0.4 is 5.32 Å². The molecule has 0 unspecified atom stereocenters. The number of rotatable bonds is 3. The number of aromatic nitrogens is 2. The first-order valence-corrected chi connectivity index (χ1v) is 6.09. The summed E-state index contributed by atoms with van der Waals surface area (Å²) in [6, 6.07) is 4.82. The third-order valence-electron chi connectivity index (χ3n) is 2.80. The van der Waals surface area contributed by atoms with Crippen molar-refractivity contribution in [2.75, 3.05) is 5.32 Å². The van der Waals surface area contributed by atoms with Crippen LogP contribution in [0.2, 0.25) is 0 Å². The molecule has 3 nitrogen and oxygen atoms in total. The first-order valence-electron chi connectivity index (χ1n) is 6.09. The highest BCUT2D eigenvalue weighted by molar-refractivity contribution is 5.93. The first kappa shape index (κ1) is 11.8. The molecular formula is C14H19N3. The first-order chi connectivity index (χ1) is 8.08. The van der Waals surface area contributed by atoms with Crippen LogP contribution in [0.25, 0.3) is 10.8 Å². The molecule has 0 amide bonds. The van der Waals surface area contributed by atoms with Crippen LogP contribution in [0.4, 0.5) is 5.69 Å². The van der Waals surface area contributed by atoms with Gasteiger partial charge in [0.25, 0.3) is 0 Å². The molecule has 0 radical (unpaired) electrons. The van der Waals surface area contributed by atoms with E-state index in [0.717, 1.165) is 16.5 Å². The van der Waals surface area contributed by atoms with Gasteiger partial charge in [0, 0.05) is 22.5 Å². The number of nitrogens with one attached hydrogen (secondary N) is 1. The Labute approximate surface area is 102 Å². The lowest BCUT2D eigenvalue weighted by atomic mass is 9.99. The van der Waals surface area contributed by atoms with Crippen molar-refractivity contribution >= 4 is 16.5 Å². The van der Waals surface area contributed by atoms with Gasteiger partial charge >= 0.3 is 0 Å². The molecule has 1 aromatic heterocycles. The second kappa shape index (κ2) is 4.70.